The molecule has 1 heterocycles. The van der Waals surface area contributed by atoms with Gasteiger partial charge in [0.1, 0.15) is 11.5 Å². The van der Waals surface area contributed by atoms with Crippen molar-refractivity contribution in [2.75, 3.05) is 4.90 Å². The van der Waals surface area contributed by atoms with Crippen LogP contribution in [0, 0.1) is 53.5 Å². The highest BCUT2D eigenvalue weighted by atomic mass is 19.1. The normalized spacial score (nSPS) is 23.6. The van der Waals surface area contributed by atoms with Crippen molar-refractivity contribution in [1.82, 2.24) is 0 Å². The van der Waals surface area contributed by atoms with Crippen molar-refractivity contribution in [1.29, 1.82) is 0 Å². The zero-order valence-electron chi connectivity index (χ0n) is 20.2. The van der Waals surface area contributed by atoms with E-state index in [1.165, 1.54) is 0 Å². The Morgan fingerprint density at radius 3 is 1.76 bits per heavy atom. The van der Waals surface area contributed by atoms with Crippen LogP contribution < -0.4 is 4.90 Å². The van der Waals surface area contributed by atoms with Gasteiger partial charge in [0.05, 0.1) is 22.8 Å². The van der Waals surface area contributed by atoms with Crippen molar-refractivity contribution in [3.05, 3.63) is 123 Å². The number of nitro benzene ring substituents is 1. The summed E-state index contributed by atoms with van der Waals surface area (Å²) in [5, 5.41) is 11.6. The van der Waals surface area contributed by atoms with E-state index >= 15 is 0 Å². The zero-order chi connectivity index (χ0) is 26.0. The first-order valence-electron chi connectivity index (χ1n) is 12.1. The summed E-state index contributed by atoms with van der Waals surface area (Å²) in [6, 6.07) is 19.3. The fraction of sp³-hybridized carbons (Fsp3) is 0.200. The van der Waals surface area contributed by atoms with Gasteiger partial charge in [0.2, 0.25) is 11.8 Å². The van der Waals surface area contributed by atoms with E-state index in [-0.39, 0.29) is 17.5 Å². The molecule has 0 N–H and O–H groups in total. The Kier molecular flexibility index (Phi) is 5.19. The number of rotatable bonds is 4. The number of imide groups is 1. The molecule has 0 spiro atoms. The standard InChI is InChI=1S/C30H23FN2O4/c1-16-3-7-18(8-4-16)25(19-9-5-17(2)6-10-19)26-21-12-13-22(26)28-27(21)29(34)32(30(28)35)23-14-11-20(31)15-24(23)33(36)37/h3-15,21-22,27-28H,1-2H3. The second-order valence-corrected chi connectivity index (χ2v) is 9.95. The van der Waals surface area contributed by atoms with Crippen LogP contribution in [0.4, 0.5) is 15.8 Å². The van der Waals surface area contributed by atoms with Crippen molar-refractivity contribution in [3.63, 3.8) is 0 Å². The summed E-state index contributed by atoms with van der Waals surface area (Å²) in [6.07, 6.45) is 3.97. The highest BCUT2D eigenvalue weighted by molar-refractivity contribution is 6.24. The van der Waals surface area contributed by atoms with E-state index in [1.807, 2.05) is 50.3 Å². The molecule has 4 unspecified atom stereocenters. The SMILES string of the molecule is Cc1ccc(C(=C2C3C=CC2C2C(=O)N(c4ccc(F)cc4[N+](=O)[O-])C(=O)C32)c2ccc(C)cc2)cc1. The third-order valence-electron chi connectivity index (χ3n) is 7.76. The van der Waals surface area contributed by atoms with Crippen LogP contribution in [0.15, 0.2) is 84.5 Å². The summed E-state index contributed by atoms with van der Waals surface area (Å²) in [7, 11) is 0. The number of halogens is 1. The van der Waals surface area contributed by atoms with E-state index < -0.39 is 40.1 Å². The molecule has 1 saturated heterocycles. The van der Waals surface area contributed by atoms with Gasteiger partial charge in [-0.3, -0.25) is 19.7 Å². The minimum absolute atomic E-state index is 0.182. The minimum atomic E-state index is -0.803. The Bertz CT molecular complexity index is 1460. The number of benzene rings is 3. The lowest BCUT2D eigenvalue weighted by molar-refractivity contribution is -0.384. The number of anilines is 1. The van der Waals surface area contributed by atoms with Gasteiger partial charge < -0.3 is 0 Å². The fourth-order valence-electron chi connectivity index (χ4n) is 6.11. The summed E-state index contributed by atoms with van der Waals surface area (Å²) < 4.78 is 13.8. The summed E-state index contributed by atoms with van der Waals surface area (Å²) in [4.78, 5) is 39.2. The molecule has 0 radical (unpaired) electrons. The fourth-order valence-corrected chi connectivity index (χ4v) is 6.11. The van der Waals surface area contributed by atoms with Crippen LogP contribution in [-0.4, -0.2) is 16.7 Å². The predicted octanol–water partition coefficient (Wildman–Crippen LogP) is 5.77. The van der Waals surface area contributed by atoms with E-state index in [1.54, 1.807) is 0 Å². The monoisotopic (exact) mass is 494 g/mol. The summed E-state index contributed by atoms with van der Waals surface area (Å²) in [5.74, 6) is -3.71. The van der Waals surface area contributed by atoms with Crippen LogP contribution in [0.2, 0.25) is 0 Å². The molecule has 1 saturated carbocycles. The Hall–Kier alpha value is -4.39. The van der Waals surface area contributed by atoms with E-state index in [9.17, 15) is 24.1 Å². The van der Waals surface area contributed by atoms with Gasteiger partial charge in [0.25, 0.3) is 5.69 Å². The summed E-state index contributed by atoms with van der Waals surface area (Å²) >= 11 is 0. The number of nitrogens with zero attached hydrogens (tertiary/aromatic N) is 2. The molecular formula is C30H23FN2O4. The molecule has 3 aliphatic rings. The molecule has 6 nitrogen and oxygen atoms in total. The van der Waals surface area contributed by atoms with Crippen LogP contribution in [0.1, 0.15) is 22.3 Å². The molecule has 184 valence electrons. The highest BCUT2D eigenvalue weighted by Crippen LogP contribution is 2.59. The second kappa shape index (κ2) is 8.34. The number of aryl methyl sites for hydroxylation is 2. The third kappa shape index (κ3) is 3.45. The molecule has 2 fully saturated rings. The van der Waals surface area contributed by atoms with Crippen molar-refractivity contribution in [3.8, 4) is 0 Å². The highest BCUT2D eigenvalue weighted by Gasteiger charge is 2.63. The van der Waals surface area contributed by atoms with Gasteiger partial charge in [-0.05, 0) is 48.3 Å². The van der Waals surface area contributed by atoms with Crippen LogP contribution in [-0.2, 0) is 9.59 Å². The average Bonchev–Trinajstić information content (AvgIpc) is 3.51. The number of hydrogen-bond donors (Lipinski definition) is 0. The van der Waals surface area contributed by atoms with Gasteiger partial charge in [0, 0.05) is 11.8 Å². The third-order valence-corrected chi connectivity index (χ3v) is 7.76. The minimum Gasteiger partial charge on any atom is -0.274 e. The maximum absolute atomic E-state index is 13.8. The van der Waals surface area contributed by atoms with Gasteiger partial charge in [0.15, 0.2) is 0 Å². The van der Waals surface area contributed by atoms with Crippen molar-refractivity contribution in [2.45, 2.75) is 13.8 Å². The second-order valence-electron chi connectivity index (χ2n) is 9.95. The number of allylic oxidation sites excluding steroid dienone is 3. The molecule has 2 amide bonds. The lowest BCUT2D eigenvalue weighted by Crippen LogP contribution is -2.33. The van der Waals surface area contributed by atoms with Crippen molar-refractivity contribution in [2.24, 2.45) is 23.7 Å². The van der Waals surface area contributed by atoms with Crippen molar-refractivity contribution >= 4 is 28.8 Å². The Morgan fingerprint density at radius 2 is 1.30 bits per heavy atom. The van der Waals surface area contributed by atoms with Gasteiger partial charge in [-0.2, -0.15) is 0 Å². The van der Waals surface area contributed by atoms with E-state index in [4.69, 9.17) is 0 Å². The molecule has 2 bridgehead atoms. The van der Waals surface area contributed by atoms with Gasteiger partial charge in [-0.1, -0.05) is 71.8 Å². The molecule has 3 aromatic rings. The van der Waals surface area contributed by atoms with Crippen LogP contribution in [0.25, 0.3) is 5.57 Å². The number of amides is 2. The van der Waals surface area contributed by atoms with Crippen LogP contribution in [0.5, 0.6) is 0 Å². The first-order chi connectivity index (χ1) is 17.8. The Labute approximate surface area is 212 Å². The maximum Gasteiger partial charge on any atom is 0.296 e. The first kappa shape index (κ1) is 23.0. The molecule has 37 heavy (non-hydrogen) atoms. The molecule has 7 heteroatoms. The molecule has 1 aliphatic heterocycles. The summed E-state index contributed by atoms with van der Waals surface area (Å²) in [6.45, 7) is 4.04. The maximum atomic E-state index is 13.8. The summed E-state index contributed by atoms with van der Waals surface area (Å²) in [5.41, 5.74) is 5.53. The molecule has 4 atom stereocenters. The molecule has 6 rings (SSSR count). The van der Waals surface area contributed by atoms with E-state index in [0.29, 0.717) is 0 Å². The predicted molar refractivity (Wildman–Crippen MR) is 137 cm³/mol. The smallest absolute Gasteiger partial charge is 0.274 e. The van der Waals surface area contributed by atoms with Gasteiger partial charge in [-0.25, -0.2) is 9.29 Å². The topological polar surface area (TPSA) is 80.5 Å². The van der Waals surface area contributed by atoms with Crippen LogP contribution >= 0.6 is 0 Å². The lowest BCUT2D eigenvalue weighted by atomic mass is 9.85. The zero-order valence-corrected chi connectivity index (χ0v) is 20.2. The quantitative estimate of drug-likeness (QED) is 0.199. The molecule has 0 aromatic heterocycles. The van der Waals surface area contributed by atoms with Crippen LogP contribution in [0.3, 0.4) is 0 Å². The van der Waals surface area contributed by atoms with E-state index in [2.05, 4.69) is 24.3 Å². The number of nitro groups is 1. The number of carbonyl (C=O) groups is 2. The number of hydrogen-bond acceptors (Lipinski definition) is 4. The number of fused-ring (bicyclic) bond motifs is 5. The molecule has 2 aliphatic carbocycles. The molecular weight excluding hydrogens is 471 g/mol. The molecule has 3 aromatic carbocycles. The van der Waals surface area contributed by atoms with Gasteiger partial charge >= 0.3 is 0 Å². The van der Waals surface area contributed by atoms with E-state index in [0.717, 1.165) is 56.5 Å². The van der Waals surface area contributed by atoms with Crippen molar-refractivity contribution < 1.29 is 18.9 Å². The largest absolute Gasteiger partial charge is 0.296 e. The van der Waals surface area contributed by atoms with Gasteiger partial charge in [-0.15, -0.1) is 0 Å². The lowest BCUT2D eigenvalue weighted by Gasteiger charge is -2.21. The Morgan fingerprint density at radius 1 is 0.811 bits per heavy atom. The number of carbonyl (C=O) groups excluding carboxylic acids is 2. The first-order valence-corrected chi connectivity index (χ1v) is 12.1. The Balaban J connectivity index is 1.49. The average molecular weight is 495 g/mol.